The van der Waals surface area contributed by atoms with Crippen molar-refractivity contribution in [2.45, 2.75) is 37.6 Å². The van der Waals surface area contributed by atoms with Crippen LogP contribution in [0.2, 0.25) is 0 Å². The number of fused-ring (bicyclic) bond motifs is 1. The molecule has 0 aliphatic heterocycles. The van der Waals surface area contributed by atoms with Crippen molar-refractivity contribution in [3.8, 4) is 0 Å². The summed E-state index contributed by atoms with van der Waals surface area (Å²) in [6.45, 7) is 2.38. The first-order valence-corrected chi connectivity index (χ1v) is 12.1. The van der Waals surface area contributed by atoms with Crippen LogP contribution in [0.5, 0.6) is 0 Å². The second kappa shape index (κ2) is 10.0. The van der Waals surface area contributed by atoms with Crippen LogP contribution in [0, 0.1) is 6.92 Å². The highest BCUT2D eigenvalue weighted by Gasteiger charge is 2.12. The van der Waals surface area contributed by atoms with Gasteiger partial charge in [0, 0.05) is 22.9 Å². The Hall–Kier alpha value is -2.44. The fourth-order valence-electron chi connectivity index (χ4n) is 3.17. The summed E-state index contributed by atoms with van der Waals surface area (Å²) in [6, 6.07) is 20.9. The highest BCUT2D eigenvalue weighted by atomic mass is 79.9. The molecule has 3 aromatic rings. The third-order valence-corrected chi connectivity index (χ3v) is 7.26. The van der Waals surface area contributed by atoms with Crippen LogP contribution in [0.3, 0.4) is 0 Å². The molecule has 0 radical (unpaired) electrons. The highest BCUT2D eigenvalue weighted by molar-refractivity contribution is 9.11. The van der Waals surface area contributed by atoms with Gasteiger partial charge in [-0.15, -0.1) is 0 Å². The molecule has 0 aromatic heterocycles. The topological polar surface area (TPSA) is 63.2 Å². The highest BCUT2D eigenvalue weighted by Crippen LogP contribution is 2.21. The lowest BCUT2D eigenvalue weighted by Gasteiger charge is -2.08. The molecule has 0 aliphatic carbocycles. The summed E-state index contributed by atoms with van der Waals surface area (Å²) in [6.07, 6.45) is 1.37. The van der Waals surface area contributed by atoms with Gasteiger partial charge in [0.25, 0.3) is 0 Å². The van der Waals surface area contributed by atoms with Crippen LogP contribution < -0.4 is 5.32 Å². The zero-order valence-corrected chi connectivity index (χ0v) is 19.2. The van der Waals surface area contributed by atoms with Gasteiger partial charge in [0.1, 0.15) is 0 Å². The Kier molecular flexibility index (Phi) is 7.45. The van der Waals surface area contributed by atoms with E-state index in [0.29, 0.717) is 30.3 Å². The first kappa shape index (κ1) is 22.2. The van der Waals surface area contributed by atoms with Crippen LogP contribution >= 0.6 is 15.9 Å². The molecule has 1 amide bonds. The van der Waals surface area contributed by atoms with Crippen LogP contribution in [0.1, 0.15) is 30.4 Å². The van der Waals surface area contributed by atoms with E-state index >= 15 is 0 Å². The van der Waals surface area contributed by atoms with E-state index in [1.54, 1.807) is 24.3 Å². The van der Waals surface area contributed by atoms with Crippen molar-refractivity contribution in [1.29, 1.82) is 0 Å². The standard InChI is InChI=1S/C24H24BrNO3S/c1-18-12-14-22(15-13-18)30(28,29)17-21(25)9-5-11-24(27)26-16-20-8-4-7-19-6-2-3-10-23(19)20/h2-4,6-8,10,12-15,17H,5,9,11,16H2,1H3,(H,26,27)/b21-17-. The Morgan fingerprint density at radius 3 is 2.43 bits per heavy atom. The SMILES string of the molecule is Cc1ccc(S(=O)(=O)/C=C(\Br)CCCC(=O)NCc2cccc3ccccc23)cc1. The van der Waals surface area contributed by atoms with Crippen molar-refractivity contribution in [1.82, 2.24) is 5.32 Å². The normalized spacial score (nSPS) is 12.1. The molecule has 3 aromatic carbocycles. The average Bonchev–Trinajstić information content (AvgIpc) is 2.72. The number of hydrogen-bond acceptors (Lipinski definition) is 3. The van der Waals surface area contributed by atoms with E-state index in [0.717, 1.165) is 21.9 Å². The minimum absolute atomic E-state index is 0.0513. The lowest BCUT2D eigenvalue weighted by Crippen LogP contribution is -2.22. The van der Waals surface area contributed by atoms with Crippen molar-refractivity contribution in [2.24, 2.45) is 0 Å². The van der Waals surface area contributed by atoms with E-state index in [1.807, 2.05) is 37.3 Å². The lowest BCUT2D eigenvalue weighted by molar-refractivity contribution is -0.121. The summed E-state index contributed by atoms with van der Waals surface area (Å²) in [5.74, 6) is -0.0513. The number of amides is 1. The Bertz CT molecular complexity index is 1160. The molecule has 4 nitrogen and oxygen atoms in total. The lowest BCUT2D eigenvalue weighted by atomic mass is 10.0. The number of carbonyl (C=O) groups excluding carboxylic acids is 1. The molecular weight excluding hydrogens is 462 g/mol. The molecule has 0 heterocycles. The maximum atomic E-state index is 12.4. The zero-order chi connectivity index (χ0) is 21.6. The quantitative estimate of drug-likeness (QED) is 0.448. The van der Waals surface area contributed by atoms with Crippen molar-refractivity contribution in [3.63, 3.8) is 0 Å². The molecule has 0 fully saturated rings. The van der Waals surface area contributed by atoms with Crippen LogP contribution in [-0.4, -0.2) is 14.3 Å². The fourth-order valence-corrected chi connectivity index (χ4v) is 5.29. The molecule has 0 aliphatic rings. The van der Waals surface area contributed by atoms with Gasteiger partial charge in [-0.25, -0.2) is 8.42 Å². The van der Waals surface area contributed by atoms with Gasteiger partial charge >= 0.3 is 0 Å². The monoisotopic (exact) mass is 485 g/mol. The van der Waals surface area contributed by atoms with E-state index in [-0.39, 0.29) is 10.8 Å². The van der Waals surface area contributed by atoms with Crippen LogP contribution in [0.4, 0.5) is 0 Å². The van der Waals surface area contributed by atoms with Gasteiger partial charge in [-0.3, -0.25) is 4.79 Å². The summed E-state index contributed by atoms with van der Waals surface area (Å²) in [7, 11) is -3.50. The average molecular weight is 486 g/mol. The maximum absolute atomic E-state index is 12.4. The molecule has 156 valence electrons. The van der Waals surface area contributed by atoms with Crippen molar-refractivity contribution < 1.29 is 13.2 Å². The number of halogens is 1. The third-order valence-electron chi connectivity index (χ3n) is 4.81. The van der Waals surface area contributed by atoms with Crippen LogP contribution in [-0.2, 0) is 21.2 Å². The number of aryl methyl sites for hydroxylation is 1. The van der Waals surface area contributed by atoms with Crippen molar-refractivity contribution >= 4 is 42.4 Å². The molecule has 0 spiro atoms. The van der Waals surface area contributed by atoms with E-state index < -0.39 is 9.84 Å². The largest absolute Gasteiger partial charge is 0.352 e. The molecule has 0 saturated carbocycles. The van der Waals surface area contributed by atoms with Crippen LogP contribution in [0.25, 0.3) is 10.8 Å². The molecule has 6 heteroatoms. The van der Waals surface area contributed by atoms with Gasteiger partial charge < -0.3 is 5.32 Å². The number of benzene rings is 3. The fraction of sp³-hybridized carbons (Fsp3) is 0.208. The maximum Gasteiger partial charge on any atom is 0.220 e. The summed E-state index contributed by atoms with van der Waals surface area (Å²) in [5.41, 5.74) is 2.08. The number of sulfone groups is 1. The first-order valence-electron chi connectivity index (χ1n) is 9.76. The molecule has 0 bridgehead atoms. The molecule has 1 N–H and O–H groups in total. The summed E-state index contributed by atoms with van der Waals surface area (Å²) in [5, 5.41) is 6.46. The summed E-state index contributed by atoms with van der Waals surface area (Å²) < 4.78 is 25.4. The summed E-state index contributed by atoms with van der Waals surface area (Å²) in [4.78, 5) is 12.5. The molecule has 30 heavy (non-hydrogen) atoms. The van der Waals surface area contributed by atoms with Crippen molar-refractivity contribution in [3.05, 3.63) is 87.7 Å². The predicted molar refractivity (Wildman–Crippen MR) is 125 cm³/mol. The summed E-state index contributed by atoms with van der Waals surface area (Å²) >= 11 is 3.33. The first-order chi connectivity index (χ1) is 14.3. The van der Waals surface area contributed by atoms with Gasteiger partial charge in [0.15, 0.2) is 0 Å². The Morgan fingerprint density at radius 1 is 0.967 bits per heavy atom. The predicted octanol–water partition coefficient (Wildman–Crippen LogP) is 5.64. The van der Waals surface area contributed by atoms with E-state index in [4.69, 9.17) is 0 Å². The second-order valence-electron chi connectivity index (χ2n) is 7.19. The molecular formula is C24H24BrNO3S. The molecule has 3 rings (SSSR count). The van der Waals surface area contributed by atoms with Crippen LogP contribution in [0.15, 0.2) is 81.5 Å². The zero-order valence-electron chi connectivity index (χ0n) is 16.8. The molecule has 0 atom stereocenters. The van der Waals surface area contributed by atoms with E-state index in [2.05, 4.69) is 33.4 Å². The number of allylic oxidation sites excluding steroid dienone is 1. The third kappa shape index (κ3) is 6.03. The Morgan fingerprint density at radius 2 is 1.67 bits per heavy atom. The van der Waals surface area contributed by atoms with E-state index in [1.165, 1.54) is 5.41 Å². The van der Waals surface area contributed by atoms with Gasteiger partial charge in [-0.2, -0.15) is 0 Å². The minimum atomic E-state index is -3.50. The van der Waals surface area contributed by atoms with Gasteiger partial charge in [0.2, 0.25) is 15.7 Å². The Labute approximate surface area is 186 Å². The number of carbonyl (C=O) groups is 1. The van der Waals surface area contributed by atoms with Crippen molar-refractivity contribution in [2.75, 3.05) is 0 Å². The van der Waals surface area contributed by atoms with E-state index in [9.17, 15) is 13.2 Å². The number of hydrogen-bond donors (Lipinski definition) is 1. The minimum Gasteiger partial charge on any atom is -0.352 e. The second-order valence-corrected chi connectivity index (χ2v) is 10.0. The van der Waals surface area contributed by atoms with Gasteiger partial charge in [-0.1, -0.05) is 76.1 Å². The Balaban J connectivity index is 1.50. The molecule has 0 unspecified atom stereocenters. The number of nitrogens with one attached hydrogen (secondary N) is 1. The smallest absolute Gasteiger partial charge is 0.220 e. The van der Waals surface area contributed by atoms with Gasteiger partial charge in [-0.05, 0) is 48.2 Å². The van der Waals surface area contributed by atoms with Gasteiger partial charge in [0.05, 0.1) is 4.90 Å². The molecule has 0 saturated heterocycles. The number of rotatable bonds is 8.